The SMILES string of the molecule is CC1(C)OB(c2ccc3c4ccccc4n(-c4nc(-c5ccc(-c6ccccc6)cc5)c5ccccc5n4)c3c2)OC1(C)C. The van der Waals surface area contributed by atoms with Crippen molar-refractivity contribution < 1.29 is 9.31 Å². The highest BCUT2D eigenvalue weighted by molar-refractivity contribution is 6.62. The fourth-order valence-corrected chi connectivity index (χ4v) is 6.16. The lowest BCUT2D eigenvalue weighted by Crippen LogP contribution is -2.41. The quantitative estimate of drug-likeness (QED) is 0.199. The van der Waals surface area contributed by atoms with Gasteiger partial charge in [-0.3, -0.25) is 4.57 Å². The Balaban J connectivity index is 1.32. The van der Waals surface area contributed by atoms with Gasteiger partial charge in [-0.1, -0.05) is 103 Å². The topological polar surface area (TPSA) is 49.2 Å². The number of benzene rings is 5. The third-order valence-electron chi connectivity index (χ3n) is 9.28. The number of para-hydroxylation sites is 2. The third-order valence-corrected chi connectivity index (χ3v) is 9.28. The summed E-state index contributed by atoms with van der Waals surface area (Å²) in [5.41, 5.74) is 7.39. The summed E-state index contributed by atoms with van der Waals surface area (Å²) in [5, 5.41) is 3.29. The molecule has 1 fully saturated rings. The third kappa shape index (κ3) is 4.25. The predicted octanol–water partition coefficient (Wildman–Crippen LogP) is 8.36. The van der Waals surface area contributed by atoms with E-state index in [2.05, 4.69) is 135 Å². The number of hydrogen-bond acceptors (Lipinski definition) is 4. The minimum absolute atomic E-state index is 0.425. The van der Waals surface area contributed by atoms with Crippen LogP contribution in [-0.4, -0.2) is 32.9 Å². The molecule has 6 heteroatoms. The first kappa shape index (κ1) is 26.8. The summed E-state index contributed by atoms with van der Waals surface area (Å²) < 4.78 is 15.0. The lowest BCUT2D eigenvalue weighted by molar-refractivity contribution is 0.00578. The molecule has 0 unspecified atom stereocenters. The average molecular weight is 574 g/mol. The van der Waals surface area contributed by atoms with Crippen molar-refractivity contribution in [3.8, 4) is 28.3 Å². The second kappa shape index (κ2) is 9.88. The second-order valence-corrected chi connectivity index (χ2v) is 12.6. The molecule has 214 valence electrons. The molecule has 3 heterocycles. The van der Waals surface area contributed by atoms with Gasteiger partial charge in [-0.15, -0.1) is 0 Å². The monoisotopic (exact) mass is 573 g/mol. The highest BCUT2D eigenvalue weighted by atomic mass is 16.7. The first-order chi connectivity index (χ1) is 21.3. The van der Waals surface area contributed by atoms with E-state index in [0.717, 1.165) is 49.4 Å². The van der Waals surface area contributed by atoms with E-state index in [4.69, 9.17) is 19.3 Å². The van der Waals surface area contributed by atoms with Gasteiger partial charge in [-0.05, 0) is 62.5 Å². The number of aromatic nitrogens is 3. The van der Waals surface area contributed by atoms with Crippen molar-refractivity contribution in [3.63, 3.8) is 0 Å². The van der Waals surface area contributed by atoms with E-state index in [1.807, 2.05) is 18.2 Å². The Morgan fingerprint density at radius 2 is 1.14 bits per heavy atom. The number of fused-ring (bicyclic) bond motifs is 4. The molecule has 2 aromatic heterocycles. The summed E-state index contributed by atoms with van der Waals surface area (Å²) in [5.74, 6) is 0.628. The zero-order valence-electron chi connectivity index (χ0n) is 25.3. The average Bonchev–Trinajstić information content (AvgIpc) is 3.49. The summed E-state index contributed by atoms with van der Waals surface area (Å²) in [4.78, 5) is 10.4. The Labute approximate surface area is 257 Å². The van der Waals surface area contributed by atoms with Crippen LogP contribution in [0.1, 0.15) is 27.7 Å². The van der Waals surface area contributed by atoms with E-state index in [1.165, 1.54) is 11.1 Å². The molecule has 0 atom stereocenters. The molecule has 5 aromatic carbocycles. The van der Waals surface area contributed by atoms with E-state index >= 15 is 0 Å². The minimum atomic E-state index is -0.466. The van der Waals surface area contributed by atoms with Crippen LogP contribution in [0.5, 0.6) is 0 Å². The van der Waals surface area contributed by atoms with Crippen molar-refractivity contribution in [1.82, 2.24) is 14.5 Å². The van der Waals surface area contributed by atoms with Gasteiger partial charge in [-0.25, -0.2) is 9.97 Å². The molecule has 0 N–H and O–H groups in total. The summed E-state index contributed by atoms with van der Waals surface area (Å²) in [7, 11) is -0.466. The Morgan fingerprint density at radius 3 is 1.89 bits per heavy atom. The minimum Gasteiger partial charge on any atom is -0.399 e. The van der Waals surface area contributed by atoms with Gasteiger partial charge in [0, 0.05) is 21.7 Å². The van der Waals surface area contributed by atoms with Gasteiger partial charge in [0.1, 0.15) is 0 Å². The molecule has 5 nitrogen and oxygen atoms in total. The van der Waals surface area contributed by atoms with E-state index in [-0.39, 0.29) is 0 Å². The smallest absolute Gasteiger partial charge is 0.399 e. The van der Waals surface area contributed by atoms with Crippen molar-refractivity contribution in [1.29, 1.82) is 0 Å². The summed E-state index contributed by atoms with van der Waals surface area (Å²) >= 11 is 0. The molecule has 0 spiro atoms. The first-order valence-corrected chi connectivity index (χ1v) is 15.1. The molecular weight excluding hydrogens is 541 g/mol. The highest BCUT2D eigenvalue weighted by Gasteiger charge is 2.51. The van der Waals surface area contributed by atoms with Crippen molar-refractivity contribution in [2.45, 2.75) is 38.9 Å². The van der Waals surface area contributed by atoms with Gasteiger partial charge < -0.3 is 9.31 Å². The molecule has 0 amide bonds. The zero-order valence-corrected chi connectivity index (χ0v) is 25.3. The van der Waals surface area contributed by atoms with Crippen molar-refractivity contribution in [2.24, 2.45) is 0 Å². The van der Waals surface area contributed by atoms with E-state index in [0.29, 0.717) is 5.95 Å². The summed E-state index contributed by atoms with van der Waals surface area (Å²) in [6.07, 6.45) is 0. The molecule has 8 rings (SSSR count). The first-order valence-electron chi connectivity index (χ1n) is 15.1. The molecular formula is C38H32BN3O2. The summed E-state index contributed by atoms with van der Waals surface area (Å²) in [6, 6.07) is 42.2. The Morgan fingerprint density at radius 1 is 0.545 bits per heavy atom. The van der Waals surface area contributed by atoms with Gasteiger partial charge in [0.15, 0.2) is 0 Å². The van der Waals surface area contributed by atoms with Crippen LogP contribution < -0.4 is 5.46 Å². The predicted molar refractivity (Wildman–Crippen MR) is 180 cm³/mol. The van der Waals surface area contributed by atoms with Crippen LogP contribution in [0.15, 0.2) is 121 Å². The Kier molecular flexibility index (Phi) is 6.02. The standard InChI is InChI=1S/C38H32BN3O2/c1-37(2)38(3,4)44-39(43-37)28-22-23-30-29-14-9-11-17-33(29)42(34(30)24-28)36-40-32-16-10-8-15-31(32)35(41-36)27-20-18-26(19-21-27)25-12-6-5-7-13-25/h5-24H,1-4H3. The van der Waals surface area contributed by atoms with Crippen LogP contribution in [0, 0.1) is 0 Å². The van der Waals surface area contributed by atoms with Crippen molar-refractivity contribution >= 4 is 45.3 Å². The van der Waals surface area contributed by atoms with Crippen LogP contribution >= 0.6 is 0 Å². The van der Waals surface area contributed by atoms with Crippen LogP contribution in [0.2, 0.25) is 0 Å². The maximum Gasteiger partial charge on any atom is 0.494 e. The van der Waals surface area contributed by atoms with Gasteiger partial charge in [0.2, 0.25) is 5.95 Å². The normalized spacial score (nSPS) is 15.9. The van der Waals surface area contributed by atoms with Crippen LogP contribution in [-0.2, 0) is 9.31 Å². The van der Waals surface area contributed by atoms with E-state index in [1.54, 1.807) is 0 Å². The Hall–Kier alpha value is -4.78. The molecule has 1 saturated heterocycles. The molecule has 1 aliphatic heterocycles. The molecule has 0 bridgehead atoms. The van der Waals surface area contributed by atoms with E-state index < -0.39 is 18.3 Å². The molecule has 0 saturated carbocycles. The van der Waals surface area contributed by atoms with Crippen LogP contribution in [0.25, 0.3) is 61.0 Å². The number of rotatable bonds is 4. The van der Waals surface area contributed by atoms with Gasteiger partial charge >= 0.3 is 7.12 Å². The van der Waals surface area contributed by atoms with Crippen molar-refractivity contribution in [3.05, 3.63) is 121 Å². The van der Waals surface area contributed by atoms with Crippen LogP contribution in [0.4, 0.5) is 0 Å². The fraction of sp³-hybridized carbons (Fsp3) is 0.158. The van der Waals surface area contributed by atoms with Crippen molar-refractivity contribution in [2.75, 3.05) is 0 Å². The maximum absolute atomic E-state index is 6.43. The van der Waals surface area contributed by atoms with E-state index in [9.17, 15) is 0 Å². The van der Waals surface area contributed by atoms with Gasteiger partial charge in [-0.2, -0.15) is 0 Å². The highest BCUT2D eigenvalue weighted by Crippen LogP contribution is 2.38. The molecule has 44 heavy (non-hydrogen) atoms. The second-order valence-electron chi connectivity index (χ2n) is 12.6. The molecule has 0 aliphatic carbocycles. The number of nitrogens with zero attached hydrogens (tertiary/aromatic N) is 3. The fourth-order valence-electron chi connectivity index (χ4n) is 6.16. The lowest BCUT2D eigenvalue weighted by Gasteiger charge is -2.32. The summed E-state index contributed by atoms with van der Waals surface area (Å²) in [6.45, 7) is 8.33. The molecule has 7 aromatic rings. The largest absolute Gasteiger partial charge is 0.494 e. The van der Waals surface area contributed by atoms with Gasteiger partial charge in [0.05, 0.1) is 33.4 Å². The number of hydrogen-bond donors (Lipinski definition) is 0. The van der Waals surface area contributed by atoms with Crippen LogP contribution in [0.3, 0.4) is 0 Å². The Bertz CT molecular complexity index is 2170. The zero-order chi connectivity index (χ0) is 30.1. The van der Waals surface area contributed by atoms with Gasteiger partial charge in [0.25, 0.3) is 0 Å². The molecule has 0 radical (unpaired) electrons. The molecule has 1 aliphatic rings. The lowest BCUT2D eigenvalue weighted by atomic mass is 9.79. The maximum atomic E-state index is 6.43.